The summed E-state index contributed by atoms with van der Waals surface area (Å²) in [5, 5.41) is 21.4. The number of hydrogen-bond acceptors (Lipinski definition) is 4. The first-order valence-electron chi connectivity index (χ1n) is 5.46. The second kappa shape index (κ2) is 5.55. The van der Waals surface area contributed by atoms with Gasteiger partial charge >= 0.3 is 0 Å². The van der Waals surface area contributed by atoms with Gasteiger partial charge in [-0.15, -0.1) is 0 Å². The molecule has 0 unspecified atom stereocenters. The zero-order valence-corrected chi connectivity index (χ0v) is 10.4. The first-order chi connectivity index (χ1) is 8.04. The summed E-state index contributed by atoms with van der Waals surface area (Å²) >= 11 is 0. The van der Waals surface area contributed by atoms with Crippen molar-refractivity contribution in [1.29, 1.82) is 5.26 Å². The van der Waals surface area contributed by atoms with Gasteiger partial charge in [0.15, 0.2) is 0 Å². The molecule has 1 aromatic carbocycles. The van der Waals surface area contributed by atoms with Gasteiger partial charge in [0.05, 0.1) is 18.4 Å². The van der Waals surface area contributed by atoms with Crippen molar-refractivity contribution in [2.45, 2.75) is 13.8 Å². The number of aliphatic hydroxyl groups excluding tert-OH is 1. The highest BCUT2D eigenvalue weighted by atomic mass is 16.5. The van der Waals surface area contributed by atoms with E-state index in [4.69, 9.17) is 10.00 Å². The number of aliphatic hydroxyl groups is 1. The van der Waals surface area contributed by atoms with Crippen LogP contribution >= 0.6 is 0 Å². The second-order valence-corrected chi connectivity index (χ2v) is 4.67. The summed E-state index contributed by atoms with van der Waals surface area (Å²) in [5.41, 5.74) is 0.977. The molecule has 0 atom stereocenters. The summed E-state index contributed by atoms with van der Waals surface area (Å²) < 4.78 is 5.21. The smallest absolute Gasteiger partial charge is 0.143 e. The van der Waals surface area contributed by atoms with Crippen molar-refractivity contribution >= 4 is 5.69 Å². The second-order valence-electron chi connectivity index (χ2n) is 4.67. The Hall–Kier alpha value is -1.73. The number of para-hydroxylation sites is 1. The van der Waals surface area contributed by atoms with Crippen LogP contribution in [-0.4, -0.2) is 25.4 Å². The number of anilines is 1. The molecule has 1 aromatic rings. The standard InChI is InChI=1S/C13H18N2O2/c1-13(2,9-16)8-15-12-10(7-14)5-4-6-11(12)17-3/h4-6,15-16H,8-9H2,1-3H3. The molecule has 0 saturated heterocycles. The minimum Gasteiger partial charge on any atom is -0.495 e. The molecule has 1 rings (SSSR count). The number of benzene rings is 1. The van der Waals surface area contributed by atoms with E-state index in [0.717, 1.165) is 0 Å². The van der Waals surface area contributed by atoms with Gasteiger partial charge in [-0.05, 0) is 12.1 Å². The fraction of sp³-hybridized carbons (Fsp3) is 0.462. The molecule has 0 heterocycles. The molecule has 0 aliphatic carbocycles. The van der Waals surface area contributed by atoms with Gasteiger partial charge in [-0.1, -0.05) is 19.9 Å². The van der Waals surface area contributed by atoms with Crippen molar-refractivity contribution in [2.24, 2.45) is 5.41 Å². The quantitative estimate of drug-likeness (QED) is 0.817. The van der Waals surface area contributed by atoms with E-state index in [-0.39, 0.29) is 12.0 Å². The first kappa shape index (κ1) is 13.3. The van der Waals surface area contributed by atoms with E-state index in [2.05, 4.69) is 11.4 Å². The SMILES string of the molecule is COc1cccc(C#N)c1NCC(C)(C)CO. The summed E-state index contributed by atoms with van der Waals surface area (Å²) in [5.74, 6) is 0.637. The lowest BCUT2D eigenvalue weighted by Gasteiger charge is -2.23. The van der Waals surface area contributed by atoms with E-state index < -0.39 is 0 Å². The molecule has 0 spiro atoms. The molecular formula is C13H18N2O2. The Kier molecular flexibility index (Phi) is 4.36. The van der Waals surface area contributed by atoms with Crippen molar-refractivity contribution in [3.63, 3.8) is 0 Å². The summed E-state index contributed by atoms with van der Waals surface area (Å²) in [7, 11) is 1.57. The largest absolute Gasteiger partial charge is 0.495 e. The molecule has 0 radical (unpaired) electrons. The van der Waals surface area contributed by atoms with Crippen LogP contribution in [0.5, 0.6) is 5.75 Å². The number of ether oxygens (including phenoxy) is 1. The fourth-order valence-corrected chi connectivity index (χ4v) is 1.36. The molecule has 92 valence electrons. The Morgan fingerprint density at radius 3 is 2.71 bits per heavy atom. The maximum absolute atomic E-state index is 9.19. The molecular weight excluding hydrogens is 216 g/mol. The van der Waals surface area contributed by atoms with Crippen molar-refractivity contribution in [1.82, 2.24) is 0 Å². The lowest BCUT2D eigenvalue weighted by Crippen LogP contribution is -2.27. The minimum absolute atomic E-state index is 0.0804. The van der Waals surface area contributed by atoms with Gasteiger partial charge in [0, 0.05) is 18.6 Å². The lowest BCUT2D eigenvalue weighted by molar-refractivity contribution is 0.170. The van der Waals surface area contributed by atoms with Crippen LogP contribution in [0.15, 0.2) is 18.2 Å². The maximum atomic E-state index is 9.19. The van der Waals surface area contributed by atoms with E-state index in [1.807, 2.05) is 13.8 Å². The molecule has 0 saturated carbocycles. The average molecular weight is 234 g/mol. The molecule has 0 aliphatic rings. The van der Waals surface area contributed by atoms with Gasteiger partial charge in [-0.25, -0.2) is 0 Å². The molecule has 0 amide bonds. The highest BCUT2D eigenvalue weighted by Crippen LogP contribution is 2.29. The summed E-state index contributed by atoms with van der Waals surface area (Å²) in [6.45, 7) is 4.54. The van der Waals surface area contributed by atoms with Crippen LogP contribution in [0.4, 0.5) is 5.69 Å². The van der Waals surface area contributed by atoms with E-state index in [9.17, 15) is 5.11 Å². The van der Waals surface area contributed by atoms with Crippen LogP contribution in [0.2, 0.25) is 0 Å². The highest BCUT2D eigenvalue weighted by Gasteiger charge is 2.18. The van der Waals surface area contributed by atoms with E-state index >= 15 is 0 Å². The molecule has 0 aliphatic heterocycles. The maximum Gasteiger partial charge on any atom is 0.143 e. The van der Waals surface area contributed by atoms with E-state index in [1.54, 1.807) is 25.3 Å². The van der Waals surface area contributed by atoms with Gasteiger partial charge in [0.2, 0.25) is 0 Å². The number of nitrogens with zero attached hydrogens (tertiary/aromatic N) is 1. The van der Waals surface area contributed by atoms with Crippen LogP contribution in [0.25, 0.3) is 0 Å². The Morgan fingerprint density at radius 1 is 1.47 bits per heavy atom. The van der Waals surface area contributed by atoms with Crippen LogP contribution in [0, 0.1) is 16.7 Å². The molecule has 0 fully saturated rings. The molecule has 4 nitrogen and oxygen atoms in total. The number of rotatable bonds is 5. The third-order valence-electron chi connectivity index (χ3n) is 2.54. The monoisotopic (exact) mass is 234 g/mol. The van der Waals surface area contributed by atoms with Crippen molar-refractivity contribution in [3.05, 3.63) is 23.8 Å². The Morgan fingerprint density at radius 2 is 2.18 bits per heavy atom. The van der Waals surface area contributed by atoms with Gasteiger partial charge in [-0.3, -0.25) is 0 Å². The fourth-order valence-electron chi connectivity index (χ4n) is 1.36. The number of nitrogens with one attached hydrogen (secondary N) is 1. The van der Waals surface area contributed by atoms with Gasteiger partial charge in [0.1, 0.15) is 11.8 Å². The van der Waals surface area contributed by atoms with Crippen molar-refractivity contribution < 1.29 is 9.84 Å². The lowest BCUT2D eigenvalue weighted by atomic mass is 9.94. The topological polar surface area (TPSA) is 65.3 Å². The molecule has 17 heavy (non-hydrogen) atoms. The van der Waals surface area contributed by atoms with E-state index in [0.29, 0.717) is 23.5 Å². The van der Waals surface area contributed by atoms with Crippen molar-refractivity contribution in [3.8, 4) is 11.8 Å². The number of methoxy groups -OCH3 is 1. The Balaban J connectivity index is 2.93. The van der Waals surface area contributed by atoms with Gasteiger partial charge in [0.25, 0.3) is 0 Å². The summed E-state index contributed by atoms with van der Waals surface area (Å²) in [6, 6.07) is 7.43. The third kappa shape index (κ3) is 3.36. The van der Waals surface area contributed by atoms with Gasteiger partial charge in [-0.2, -0.15) is 5.26 Å². The normalized spacial score (nSPS) is 10.8. The molecule has 2 N–H and O–H groups in total. The van der Waals surface area contributed by atoms with Crippen LogP contribution in [0.1, 0.15) is 19.4 Å². The van der Waals surface area contributed by atoms with Crippen LogP contribution in [0.3, 0.4) is 0 Å². The van der Waals surface area contributed by atoms with Crippen LogP contribution in [-0.2, 0) is 0 Å². The average Bonchev–Trinajstić information content (AvgIpc) is 2.35. The zero-order chi connectivity index (χ0) is 12.9. The summed E-state index contributed by atoms with van der Waals surface area (Å²) in [6.07, 6.45) is 0. The van der Waals surface area contributed by atoms with E-state index in [1.165, 1.54) is 0 Å². The minimum atomic E-state index is -0.242. The van der Waals surface area contributed by atoms with Gasteiger partial charge < -0.3 is 15.2 Å². The Labute approximate surface area is 102 Å². The molecule has 0 bridgehead atoms. The number of nitriles is 1. The molecule has 4 heteroatoms. The van der Waals surface area contributed by atoms with Crippen LogP contribution < -0.4 is 10.1 Å². The third-order valence-corrected chi connectivity index (χ3v) is 2.54. The Bertz CT molecular complexity index is 422. The summed E-state index contributed by atoms with van der Waals surface area (Å²) in [4.78, 5) is 0. The predicted molar refractivity (Wildman–Crippen MR) is 67.1 cm³/mol. The number of hydrogen-bond donors (Lipinski definition) is 2. The zero-order valence-electron chi connectivity index (χ0n) is 10.4. The molecule has 0 aromatic heterocycles. The first-order valence-corrected chi connectivity index (χ1v) is 5.46. The predicted octanol–water partition coefficient (Wildman–Crippen LogP) is 2.00. The van der Waals surface area contributed by atoms with Crippen molar-refractivity contribution in [2.75, 3.05) is 25.6 Å². The highest BCUT2D eigenvalue weighted by molar-refractivity contribution is 5.66.